The average Bonchev–Trinajstić information content (AvgIpc) is 3.63. The number of methoxy groups -OCH3 is 1. The fourth-order valence-corrected chi connectivity index (χ4v) is 5.83. The van der Waals surface area contributed by atoms with E-state index in [9.17, 15) is 4.79 Å². The second kappa shape index (κ2) is 10.8. The normalized spacial score (nSPS) is 19.1. The van der Waals surface area contributed by atoms with E-state index in [0.29, 0.717) is 23.7 Å². The molecule has 10 nitrogen and oxygen atoms in total. The van der Waals surface area contributed by atoms with Gasteiger partial charge in [0.2, 0.25) is 0 Å². The Morgan fingerprint density at radius 1 is 1.10 bits per heavy atom. The van der Waals surface area contributed by atoms with Crippen LogP contribution in [0.4, 0.5) is 5.69 Å². The summed E-state index contributed by atoms with van der Waals surface area (Å²) in [6.45, 7) is 8.85. The zero-order chi connectivity index (χ0) is 26.9. The van der Waals surface area contributed by atoms with E-state index in [0.717, 1.165) is 56.5 Å². The zero-order valence-electron chi connectivity index (χ0n) is 22.8. The van der Waals surface area contributed by atoms with Crippen molar-refractivity contribution in [2.75, 3.05) is 44.8 Å². The van der Waals surface area contributed by atoms with Gasteiger partial charge in [0.15, 0.2) is 5.82 Å². The van der Waals surface area contributed by atoms with Gasteiger partial charge in [-0.05, 0) is 77.9 Å². The number of hydrogen-bond acceptors (Lipinski definition) is 8. The Kier molecular flexibility index (Phi) is 7.05. The molecule has 2 aromatic carbocycles. The lowest BCUT2D eigenvalue weighted by Gasteiger charge is -2.40. The summed E-state index contributed by atoms with van der Waals surface area (Å²) in [7, 11) is 1.62. The number of hydrogen-bond donors (Lipinski definition) is 1. The van der Waals surface area contributed by atoms with Crippen molar-refractivity contribution in [3.63, 3.8) is 0 Å². The lowest BCUT2D eigenvalue weighted by Crippen LogP contribution is -2.49. The van der Waals surface area contributed by atoms with Gasteiger partial charge in [0.25, 0.3) is 5.56 Å². The zero-order valence-corrected chi connectivity index (χ0v) is 22.8. The molecular weight excluding hydrogens is 494 g/mol. The summed E-state index contributed by atoms with van der Waals surface area (Å²) >= 11 is 0. The third-order valence-corrected chi connectivity index (χ3v) is 7.97. The van der Waals surface area contributed by atoms with Crippen molar-refractivity contribution in [1.82, 2.24) is 30.1 Å². The molecule has 2 saturated heterocycles. The van der Waals surface area contributed by atoms with Crippen LogP contribution in [0.3, 0.4) is 0 Å². The molecule has 2 aromatic heterocycles. The van der Waals surface area contributed by atoms with Crippen molar-refractivity contribution in [1.29, 1.82) is 0 Å². The van der Waals surface area contributed by atoms with Gasteiger partial charge >= 0.3 is 0 Å². The molecule has 0 saturated carbocycles. The SMILES string of the molecule is COc1ccc2cc([C@@H](c3nnnn3C[C@@H]3CCCO3)N3CCN(c4cc(C)ccc4C)CC3)c(=O)[nH]c2c1. The van der Waals surface area contributed by atoms with Crippen molar-refractivity contribution in [2.24, 2.45) is 0 Å². The van der Waals surface area contributed by atoms with E-state index in [1.165, 1.54) is 16.8 Å². The quantitative estimate of drug-likeness (QED) is 0.390. The molecule has 6 rings (SSSR count). The molecule has 2 fully saturated rings. The number of nitrogens with zero attached hydrogens (tertiary/aromatic N) is 6. The van der Waals surface area contributed by atoms with Crippen molar-refractivity contribution in [2.45, 2.75) is 45.4 Å². The highest BCUT2D eigenvalue weighted by atomic mass is 16.5. The minimum atomic E-state index is -0.391. The molecule has 2 aliphatic rings. The van der Waals surface area contributed by atoms with Gasteiger partial charge in [-0.25, -0.2) is 4.68 Å². The summed E-state index contributed by atoms with van der Waals surface area (Å²) in [6, 6.07) is 13.9. The van der Waals surface area contributed by atoms with Crippen LogP contribution in [-0.4, -0.2) is 76.1 Å². The number of rotatable bonds is 7. The lowest BCUT2D eigenvalue weighted by molar-refractivity contribution is 0.0906. The first-order valence-corrected chi connectivity index (χ1v) is 13.6. The summed E-state index contributed by atoms with van der Waals surface area (Å²) in [5.41, 5.74) is 5.02. The highest BCUT2D eigenvalue weighted by Crippen LogP contribution is 2.31. The number of tetrazole rings is 1. The molecule has 4 aromatic rings. The molecule has 2 aliphatic heterocycles. The smallest absolute Gasteiger partial charge is 0.253 e. The predicted molar refractivity (Wildman–Crippen MR) is 149 cm³/mol. The van der Waals surface area contributed by atoms with E-state index < -0.39 is 6.04 Å². The van der Waals surface area contributed by atoms with Gasteiger partial charge in [-0.1, -0.05) is 12.1 Å². The fourth-order valence-electron chi connectivity index (χ4n) is 5.83. The average molecular weight is 530 g/mol. The van der Waals surface area contributed by atoms with Gasteiger partial charge in [-0.15, -0.1) is 5.10 Å². The van der Waals surface area contributed by atoms with Gasteiger partial charge in [0.1, 0.15) is 11.8 Å². The Balaban J connectivity index is 1.36. The second-order valence-corrected chi connectivity index (χ2v) is 10.6. The Bertz CT molecular complexity index is 1520. The largest absolute Gasteiger partial charge is 0.497 e. The van der Waals surface area contributed by atoms with E-state index in [2.05, 4.69) is 62.4 Å². The minimum Gasteiger partial charge on any atom is -0.497 e. The second-order valence-electron chi connectivity index (χ2n) is 10.6. The molecule has 0 spiro atoms. The first-order chi connectivity index (χ1) is 19.0. The molecule has 10 heteroatoms. The van der Waals surface area contributed by atoms with Crippen LogP contribution < -0.4 is 15.2 Å². The van der Waals surface area contributed by atoms with E-state index in [1.807, 2.05) is 28.9 Å². The minimum absolute atomic E-state index is 0.0800. The molecule has 1 N–H and O–H groups in total. The number of benzene rings is 2. The maximum atomic E-state index is 13.6. The number of aromatic nitrogens is 5. The van der Waals surface area contributed by atoms with Crippen LogP contribution in [-0.2, 0) is 11.3 Å². The number of H-pyrrole nitrogens is 1. The van der Waals surface area contributed by atoms with Crippen LogP contribution in [0.2, 0.25) is 0 Å². The van der Waals surface area contributed by atoms with Crippen molar-refractivity contribution in [3.05, 3.63) is 75.3 Å². The molecule has 4 heterocycles. The van der Waals surface area contributed by atoms with Crippen LogP contribution >= 0.6 is 0 Å². The summed E-state index contributed by atoms with van der Waals surface area (Å²) in [4.78, 5) is 21.4. The van der Waals surface area contributed by atoms with Gasteiger partial charge in [0.05, 0.1) is 25.3 Å². The van der Waals surface area contributed by atoms with Crippen LogP contribution in [0, 0.1) is 13.8 Å². The highest BCUT2D eigenvalue weighted by Gasteiger charge is 2.34. The van der Waals surface area contributed by atoms with Crippen LogP contribution in [0.5, 0.6) is 5.75 Å². The number of anilines is 1. The highest BCUT2D eigenvalue weighted by molar-refractivity contribution is 5.80. The molecule has 39 heavy (non-hydrogen) atoms. The number of fused-ring (bicyclic) bond motifs is 1. The monoisotopic (exact) mass is 529 g/mol. The molecule has 2 atom stereocenters. The van der Waals surface area contributed by atoms with Crippen LogP contribution in [0.1, 0.15) is 41.4 Å². The topological polar surface area (TPSA) is 101 Å². The van der Waals surface area contributed by atoms with Gasteiger partial charge < -0.3 is 19.4 Å². The maximum Gasteiger partial charge on any atom is 0.253 e. The van der Waals surface area contributed by atoms with Crippen molar-refractivity contribution < 1.29 is 9.47 Å². The maximum absolute atomic E-state index is 13.6. The predicted octanol–water partition coefficient (Wildman–Crippen LogP) is 3.23. The molecule has 0 bridgehead atoms. The number of nitrogens with one attached hydrogen (secondary N) is 1. The molecule has 204 valence electrons. The Hall–Kier alpha value is -3.76. The molecular formula is C29H35N7O3. The lowest BCUT2D eigenvalue weighted by atomic mass is 10.0. The Morgan fingerprint density at radius 2 is 1.95 bits per heavy atom. The summed E-state index contributed by atoms with van der Waals surface area (Å²) < 4.78 is 13.1. The molecule has 0 aliphatic carbocycles. The van der Waals surface area contributed by atoms with Crippen molar-refractivity contribution >= 4 is 16.6 Å². The van der Waals surface area contributed by atoms with E-state index in [1.54, 1.807) is 7.11 Å². The van der Waals surface area contributed by atoms with Crippen molar-refractivity contribution in [3.8, 4) is 5.75 Å². The number of pyridine rings is 1. The van der Waals surface area contributed by atoms with Gasteiger partial charge in [0, 0.05) is 50.1 Å². The summed E-state index contributed by atoms with van der Waals surface area (Å²) in [6.07, 6.45) is 2.10. The van der Waals surface area contributed by atoms with Crippen LogP contribution in [0.15, 0.2) is 47.3 Å². The van der Waals surface area contributed by atoms with E-state index in [4.69, 9.17) is 9.47 Å². The summed E-state index contributed by atoms with van der Waals surface area (Å²) in [5.74, 6) is 1.37. The van der Waals surface area contributed by atoms with E-state index >= 15 is 0 Å². The third-order valence-electron chi connectivity index (χ3n) is 7.97. The summed E-state index contributed by atoms with van der Waals surface area (Å²) in [5, 5.41) is 13.8. The standard InChI is InChI=1S/C29H35N7O3/c1-19-6-7-20(2)26(15-19)34-10-12-35(13-11-34)27(28-31-32-33-36(28)18-23-5-4-14-39-23)24-16-21-8-9-22(38-3)17-25(21)30-29(24)37/h6-9,15-17,23,27H,4-5,10-14,18H2,1-3H3,(H,30,37)/t23-,27-/m0/s1. The molecule has 0 amide bonds. The fraction of sp³-hybridized carbons (Fsp3) is 0.448. The number of aromatic amines is 1. The van der Waals surface area contributed by atoms with Gasteiger partial charge in [-0.3, -0.25) is 9.69 Å². The molecule has 0 radical (unpaired) electrons. The first-order valence-electron chi connectivity index (χ1n) is 13.6. The number of aryl methyl sites for hydroxylation is 2. The van der Waals surface area contributed by atoms with Crippen LogP contribution in [0.25, 0.3) is 10.9 Å². The Labute approximate surface area is 227 Å². The molecule has 0 unspecified atom stereocenters. The van der Waals surface area contributed by atoms with Gasteiger partial charge in [-0.2, -0.15) is 0 Å². The number of ether oxygens (including phenoxy) is 2. The van der Waals surface area contributed by atoms with E-state index in [-0.39, 0.29) is 11.7 Å². The first kappa shape index (κ1) is 25.5. The number of piperazine rings is 1. The Morgan fingerprint density at radius 3 is 2.72 bits per heavy atom. The third kappa shape index (κ3) is 5.14.